The van der Waals surface area contributed by atoms with Crippen LogP contribution in [0.5, 0.6) is 0 Å². The van der Waals surface area contributed by atoms with Crippen LogP contribution in [0.25, 0.3) is 0 Å². The Hall–Kier alpha value is -5.32. The van der Waals surface area contributed by atoms with Gasteiger partial charge < -0.3 is 33.8 Å². The normalized spacial score (nSPS) is 14.8. The third-order valence-electron chi connectivity index (χ3n) is 15.5. The highest BCUT2D eigenvalue weighted by atomic mass is 31.2. The van der Waals surface area contributed by atoms with E-state index in [1.165, 1.54) is 51.4 Å². The Morgan fingerprint density at radius 3 is 0.922 bits per heavy atom. The zero-order valence-electron chi connectivity index (χ0n) is 63.2. The summed E-state index contributed by atoms with van der Waals surface area (Å²) >= 11 is 0. The molecule has 19 heteroatoms. The second-order valence-corrected chi connectivity index (χ2v) is 28.1. The summed E-state index contributed by atoms with van der Waals surface area (Å²) in [6.07, 6.45) is 85.4. The Balaban J connectivity index is 5.49. The van der Waals surface area contributed by atoms with Crippen LogP contribution in [-0.2, 0) is 65.4 Å². The predicted octanol–water partition coefficient (Wildman–Crippen LogP) is 22.4. The van der Waals surface area contributed by atoms with Crippen LogP contribution in [0.2, 0.25) is 0 Å². The minimum Gasteiger partial charge on any atom is -0.462 e. The van der Waals surface area contributed by atoms with Gasteiger partial charge in [0.05, 0.1) is 26.4 Å². The van der Waals surface area contributed by atoms with E-state index in [9.17, 15) is 43.2 Å². The molecule has 0 aromatic carbocycles. The summed E-state index contributed by atoms with van der Waals surface area (Å²) in [7, 11) is -10.0. The minimum absolute atomic E-state index is 0.00468. The second kappa shape index (κ2) is 74.0. The molecule has 0 aromatic rings. The highest BCUT2D eigenvalue weighted by molar-refractivity contribution is 7.47. The molecule has 102 heavy (non-hydrogen) atoms. The molecule has 5 atom stereocenters. The van der Waals surface area contributed by atoms with Gasteiger partial charge in [-0.2, -0.15) is 0 Å². The van der Waals surface area contributed by atoms with Gasteiger partial charge in [0, 0.05) is 25.7 Å². The van der Waals surface area contributed by atoms with Gasteiger partial charge in [0.25, 0.3) is 0 Å². The van der Waals surface area contributed by atoms with Gasteiger partial charge in [-0.05, 0) is 128 Å². The lowest BCUT2D eigenvalue weighted by atomic mass is 10.0. The maximum Gasteiger partial charge on any atom is 0.472 e. The number of phosphoric acid groups is 2. The number of aliphatic hydroxyl groups is 1. The number of ether oxygens (including phenoxy) is 4. The standard InChI is InChI=1S/C83H136O17P2/c1-5-9-13-17-21-25-29-33-35-37-38-40-41-45-48-52-56-60-64-68-81(86)94-74-79(100-83(88)70-66-62-58-54-50-46-42-39-36-34-30-26-22-18-14-10-6-2)76-98-102(91,92)96-72-77(84)71-95-101(89,90)97-75-78(99-82(87)69-65-61-57-53-49-44-32-28-24-20-16-12-8-4)73-93-80(85)67-63-59-55-51-47-43-31-27-23-19-15-11-7-3/h9-10,13-15,19,21-22,25-27,31,33-36,38,40,42,45-46,48,54,56,58,60,77-79,84H,5-8,11-12,16-18,20,23-24,28-30,32,37,39,41,43-44,47,49-53,55,57,59,61-76H2,1-4H3,(H,89,90)(H,91,92)/b13-9-,14-10-,19-15-,25-21-,26-22-,31-27-,35-33-,36-34-,40-38-,46-42-,48-45-,58-54-,60-56-. The molecule has 0 fully saturated rings. The summed E-state index contributed by atoms with van der Waals surface area (Å²) in [6, 6.07) is 0. The second-order valence-electron chi connectivity index (χ2n) is 25.2. The van der Waals surface area contributed by atoms with Crippen LogP contribution in [0.15, 0.2) is 158 Å². The molecule has 0 saturated carbocycles. The number of carbonyl (C=O) groups excluding carboxylic acids is 4. The number of rotatable bonds is 71. The molecule has 0 radical (unpaired) electrons. The molecule has 0 aliphatic rings. The molecule has 0 aromatic heterocycles. The molecule has 0 heterocycles. The van der Waals surface area contributed by atoms with Crippen LogP contribution in [-0.4, -0.2) is 96.7 Å². The SMILES string of the molecule is CC/C=C\C/C=C\C/C=C\C/C=C\C/C=C\C/C=C\CCC(=O)OCC(COP(=O)(O)OCC(O)COP(=O)(O)OCC(COC(=O)CCCCCCC/C=C\C/C=C\CCC)OC(=O)CCCCCCCCCCCCCCC)OC(=O)CCC/C=C\C/C=C\C/C=C\C/C=C\C/C=C\CC. The molecule has 0 aliphatic carbocycles. The average molecular weight is 1470 g/mol. The fraction of sp³-hybridized carbons (Fsp3) is 0.639. The number of phosphoric ester groups is 2. The van der Waals surface area contributed by atoms with Gasteiger partial charge in [0.1, 0.15) is 19.3 Å². The van der Waals surface area contributed by atoms with E-state index in [-0.39, 0.29) is 25.7 Å². The molecule has 0 saturated heterocycles. The van der Waals surface area contributed by atoms with Gasteiger partial charge in [-0.3, -0.25) is 37.3 Å². The van der Waals surface area contributed by atoms with Gasteiger partial charge >= 0.3 is 39.5 Å². The summed E-state index contributed by atoms with van der Waals surface area (Å²) in [5.74, 6) is -2.36. The van der Waals surface area contributed by atoms with Crippen molar-refractivity contribution in [1.82, 2.24) is 0 Å². The maximum atomic E-state index is 13.1. The van der Waals surface area contributed by atoms with E-state index in [1.807, 2.05) is 30.4 Å². The van der Waals surface area contributed by atoms with Crippen molar-refractivity contribution in [2.45, 2.75) is 303 Å². The summed E-state index contributed by atoms with van der Waals surface area (Å²) in [5.41, 5.74) is 0. The maximum absolute atomic E-state index is 13.1. The first kappa shape index (κ1) is 96.7. The van der Waals surface area contributed by atoms with Gasteiger partial charge in [0.15, 0.2) is 12.2 Å². The number of aliphatic hydroxyl groups excluding tert-OH is 1. The van der Waals surface area contributed by atoms with Crippen molar-refractivity contribution in [2.75, 3.05) is 39.6 Å². The molecule has 0 bridgehead atoms. The van der Waals surface area contributed by atoms with E-state index in [2.05, 4.69) is 155 Å². The first-order valence-corrected chi connectivity index (χ1v) is 41.7. The average Bonchev–Trinajstić information content (AvgIpc) is 0.923. The minimum atomic E-state index is -5.01. The molecule has 0 spiro atoms. The van der Waals surface area contributed by atoms with Gasteiger partial charge in [0.2, 0.25) is 0 Å². The lowest BCUT2D eigenvalue weighted by Gasteiger charge is -2.21. The smallest absolute Gasteiger partial charge is 0.462 e. The summed E-state index contributed by atoms with van der Waals surface area (Å²) < 4.78 is 68.3. The Kier molecular flexibility index (Phi) is 70.1. The zero-order chi connectivity index (χ0) is 74.6. The highest BCUT2D eigenvalue weighted by Crippen LogP contribution is 2.45. The van der Waals surface area contributed by atoms with Crippen molar-refractivity contribution in [3.8, 4) is 0 Å². The van der Waals surface area contributed by atoms with Crippen molar-refractivity contribution in [2.24, 2.45) is 0 Å². The number of hydrogen-bond acceptors (Lipinski definition) is 15. The zero-order valence-corrected chi connectivity index (χ0v) is 65.0. The molecule has 3 N–H and O–H groups in total. The summed E-state index contributed by atoms with van der Waals surface area (Å²) in [4.78, 5) is 72.9. The number of allylic oxidation sites excluding steroid dienone is 26. The lowest BCUT2D eigenvalue weighted by Crippen LogP contribution is -2.30. The summed E-state index contributed by atoms with van der Waals surface area (Å²) in [6.45, 7) is 4.40. The molecule has 0 aliphatic heterocycles. The van der Waals surface area contributed by atoms with E-state index in [0.29, 0.717) is 38.5 Å². The van der Waals surface area contributed by atoms with E-state index in [0.717, 1.165) is 141 Å². The van der Waals surface area contributed by atoms with Gasteiger partial charge in [-0.1, -0.05) is 288 Å². The molecular weight excluding hydrogens is 1330 g/mol. The predicted molar refractivity (Wildman–Crippen MR) is 417 cm³/mol. The van der Waals surface area contributed by atoms with E-state index >= 15 is 0 Å². The van der Waals surface area contributed by atoms with Crippen LogP contribution in [0.3, 0.4) is 0 Å². The van der Waals surface area contributed by atoms with Crippen LogP contribution >= 0.6 is 15.6 Å². The van der Waals surface area contributed by atoms with Crippen molar-refractivity contribution in [1.29, 1.82) is 0 Å². The summed E-state index contributed by atoms with van der Waals surface area (Å²) in [5, 5.41) is 10.6. The third-order valence-corrected chi connectivity index (χ3v) is 17.4. The first-order chi connectivity index (χ1) is 49.7. The first-order valence-electron chi connectivity index (χ1n) is 38.7. The Bertz CT molecular complexity index is 2550. The fourth-order valence-corrected chi connectivity index (χ4v) is 11.3. The third kappa shape index (κ3) is 73.0. The van der Waals surface area contributed by atoms with Crippen molar-refractivity contribution in [3.63, 3.8) is 0 Å². The quantitative estimate of drug-likeness (QED) is 0.0169. The molecule has 580 valence electrons. The van der Waals surface area contributed by atoms with Gasteiger partial charge in [-0.15, -0.1) is 0 Å². The molecular formula is C83H136O17P2. The molecule has 17 nitrogen and oxygen atoms in total. The van der Waals surface area contributed by atoms with Crippen molar-refractivity contribution < 1.29 is 80.2 Å². The molecule has 5 unspecified atom stereocenters. The number of unbranched alkanes of at least 4 members (excludes halogenated alkanes) is 19. The fourth-order valence-electron chi connectivity index (χ4n) is 9.67. The number of carbonyl (C=O) groups is 4. The van der Waals surface area contributed by atoms with E-state index < -0.39 is 97.5 Å². The van der Waals surface area contributed by atoms with Crippen molar-refractivity contribution in [3.05, 3.63) is 158 Å². The lowest BCUT2D eigenvalue weighted by molar-refractivity contribution is -0.161. The highest BCUT2D eigenvalue weighted by Gasteiger charge is 2.30. The molecule has 0 amide bonds. The topological polar surface area (TPSA) is 237 Å². The Morgan fingerprint density at radius 2 is 0.559 bits per heavy atom. The van der Waals surface area contributed by atoms with Crippen molar-refractivity contribution >= 4 is 39.5 Å². The van der Waals surface area contributed by atoms with Crippen LogP contribution in [0.4, 0.5) is 0 Å². The van der Waals surface area contributed by atoms with E-state index in [4.69, 9.17) is 37.0 Å². The molecule has 0 rings (SSSR count). The number of hydrogen-bond donors (Lipinski definition) is 3. The Labute approximate surface area is 617 Å². The van der Waals surface area contributed by atoms with Crippen LogP contribution in [0.1, 0.15) is 285 Å². The number of esters is 4. The largest absolute Gasteiger partial charge is 0.472 e. The van der Waals surface area contributed by atoms with E-state index in [1.54, 1.807) is 0 Å². The monoisotopic (exact) mass is 1470 g/mol. The van der Waals surface area contributed by atoms with Crippen LogP contribution < -0.4 is 0 Å². The Morgan fingerprint density at radius 1 is 0.284 bits per heavy atom. The van der Waals surface area contributed by atoms with Crippen LogP contribution in [0, 0.1) is 0 Å². The van der Waals surface area contributed by atoms with Gasteiger partial charge in [-0.25, -0.2) is 9.13 Å².